The van der Waals surface area contributed by atoms with E-state index in [2.05, 4.69) is 10.3 Å². The number of aryl methyl sites for hydroxylation is 1. The number of rotatable bonds is 8. The van der Waals surface area contributed by atoms with Gasteiger partial charge in [-0.05, 0) is 72.5 Å². The first-order valence-electron chi connectivity index (χ1n) is 11.0. The van der Waals surface area contributed by atoms with E-state index in [-0.39, 0.29) is 30.3 Å². The Morgan fingerprint density at radius 2 is 1.76 bits per heavy atom. The molecule has 0 saturated carbocycles. The molecule has 3 aromatic carbocycles. The van der Waals surface area contributed by atoms with Crippen molar-refractivity contribution in [1.82, 2.24) is 10.3 Å². The Labute approximate surface area is 208 Å². The normalized spacial score (nSPS) is 13.1. The number of carbonyl (C=O) groups is 1. The Kier molecular flexibility index (Phi) is 7.57. The Hall–Kier alpha value is -2.86. The lowest BCUT2D eigenvalue weighted by Gasteiger charge is -2.24. The number of aromatic nitrogens is 1. The molecule has 2 N–H and O–H groups in total. The molecular formula is C27H25Cl2FN2O2. The maximum atomic E-state index is 13.5. The second-order valence-corrected chi connectivity index (χ2v) is 9.06. The number of hydrogen-bond donors (Lipinski definition) is 2. The van der Waals surface area contributed by atoms with Gasteiger partial charge in [0.15, 0.2) is 0 Å². The summed E-state index contributed by atoms with van der Waals surface area (Å²) < 4.78 is 19.1. The molecule has 1 amide bonds. The van der Waals surface area contributed by atoms with Crippen molar-refractivity contribution in [3.8, 4) is 11.3 Å². The molecule has 4 aromatic rings. The predicted octanol–water partition coefficient (Wildman–Crippen LogP) is 7.11. The Morgan fingerprint density at radius 1 is 1.06 bits per heavy atom. The number of carbonyl (C=O) groups excluding carboxylic acids is 1. The minimum Gasteiger partial charge on any atom is -0.375 e. The molecule has 0 spiro atoms. The van der Waals surface area contributed by atoms with Crippen LogP contribution >= 0.6 is 23.2 Å². The average molecular weight is 499 g/mol. The van der Waals surface area contributed by atoms with Crippen LogP contribution in [0.5, 0.6) is 0 Å². The van der Waals surface area contributed by atoms with Crippen LogP contribution in [0.25, 0.3) is 22.2 Å². The van der Waals surface area contributed by atoms with Crippen molar-refractivity contribution in [2.24, 2.45) is 0 Å². The molecule has 0 aliphatic heterocycles. The number of fused-ring (bicyclic) bond motifs is 1. The molecule has 0 radical (unpaired) electrons. The lowest BCUT2D eigenvalue weighted by Crippen LogP contribution is -2.37. The van der Waals surface area contributed by atoms with E-state index in [1.165, 1.54) is 12.1 Å². The van der Waals surface area contributed by atoms with E-state index < -0.39 is 0 Å². The molecule has 0 aliphatic carbocycles. The number of methoxy groups -OCH3 is 1. The highest BCUT2D eigenvalue weighted by molar-refractivity contribution is 6.35. The zero-order valence-electron chi connectivity index (χ0n) is 18.9. The highest BCUT2D eigenvalue weighted by atomic mass is 35.5. The Balaban J connectivity index is 1.53. The van der Waals surface area contributed by atoms with Crippen LogP contribution in [0.15, 0.2) is 66.7 Å². The molecular weight excluding hydrogens is 474 g/mol. The fourth-order valence-electron chi connectivity index (χ4n) is 4.28. The first-order valence-corrected chi connectivity index (χ1v) is 11.8. The second kappa shape index (κ2) is 10.6. The fraction of sp³-hybridized carbons (Fsp3) is 0.222. The van der Waals surface area contributed by atoms with Crippen LogP contribution in [0.2, 0.25) is 10.0 Å². The quantitative estimate of drug-likeness (QED) is 0.272. The highest BCUT2D eigenvalue weighted by Crippen LogP contribution is 2.34. The van der Waals surface area contributed by atoms with Crippen molar-refractivity contribution in [1.29, 1.82) is 0 Å². The summed E-state index contributed by atoms with van der Waals surface area (Å²) in [5.41, 5.74) is 4.37. The van der Waals surface area contributed by atoms with E-state index in [1.807, 2.05) is 37.3 Å². The molecule has 176 valence electrons. The van der Waals surface area contributed by atoms with E-state index in [4.69, 9.17) is 27.9 Å². The van der Waals surface area contributed by atoms with Gasteiger partial charge in [-0.15, -0.1) is 0 Å². The molecule has 0 aliphatic rings. The third-order valence-electron chi connectivity index (χ3n) is 5.92. The molecule has 4 rings (SSSR count). The van der Waals surface area contributed by atoms with Gasteiger partial charge in [0.2, 0.25) is 5.91 Å². The zero-order chi connectivity index (χ0) is 24.2. The molecule has 0 bridgehead atoms. The minimum atomic E-state index is -0.304. The second-order valence-electron chi connectivity index (χ2n) is 8.21. The SMILES string of the molecule is COC(c1ccc(Cl)cc1)C(C)NC(=O)CCc1c(-c2ccc(F)cc2)[nH]c2c(Cl)cccc12. The Bertz CT molecular complexity index is 1290. The number of hydrogen-bond acceptors (Lipinski definition) is 2. The van der Waals surface area contributed by atoms with Crippen molar-refractivity contribution in [2.75, 3.05) is 7.11 Å². The van der Waals surface area contributed by atoms with E-state index in [1.54, 1.807) is 31.4 Å². The van der Waals surface area contributed by atoms with Crippen molar-refractivity contribution < 1.29 is 13.9 Å². The van der Waals surface area contributed by atoms with Gasteiger partial charge >= 0.3 is 0 Å². The molecule has 1 aromatic heterocycles. The van der Waals surface area contributed by atoms with Gasteiger partial charge in [0.1, 0.15) is 11.9 Å². The lowest BCUT2D eigenvalue weighted by atomic mass is 10.00. The minimum absolute atomic E-state index is 0.0926. The summed E-state index contributed by atoms with van der Waals surface area (Å²) in [6.07, 6.45) is 0.460. The molecule has 0 fully saturated rings. The summed E-state index contributed by atoms with van der Waals surface area (Å²) in [5, 5.41) is 5.24. The number of nitrogens with one attached hydrogen (secondary N) is 2. The smallest absolute Gasteiger partial charge is 0.220 e. The highest BCUT2D eigenvalue weighted by Gasteiger charge is 2.22. The standard InChI is InChI=1S/C27H25Cl2FN2O2/c1-16(27(34-2)18-6-10-19(28)11-7-18)31-24(33)15-14-22-21-4-3-5-23(29)26(21)32-25(22)17-8-12-20(30)13-9-17/h3-13,16,27,32H,14-15H2,1-2H3,(H,31,33). The van der Waals surface area contributed by atoms with Crippen molar-refractivity contribution in [3.05, 3.63) is 93.7 Å². The third kappa shape index (κ3) is 5.27. The maximum absolute atomic E-state index is 13.5. The topological polar surface area (TPSA) is 54.1 Å². The predicted molar refractivity (Wildman–Crippen MR) is 136 cm³/mol. The van der Waals surface area contributed by atoms with Gasteiger partial charge in [-0.2, -0.15) is 0 Å². The molecule has 1 heterocycles. The molecule has 2 atom stereocenters. The Morgan fingerprint density at radius 3 is 2.44 bits per heavy atom. The van der Waals surface area contributed by atoms with Gasteiger partial charge in [0.05, 0.1) is 16.6 Å². The number of aromatic amines is 1. The molecule has 34 heavy (non-hydrogen) atoms. The lowest BCUT2D eigenvalue weighted by molar-refractivity contribution is -0.122. The number of benzene rings is 3. The van der Waals surface area contributed by atoms with E-state index >= 15 is 0 Å². The molecule has 7 heteroatoms. The summed E-state index contributed by atoms with van der Waals surface area (Å²) in [6.45, 7) is 1.91. The van der Waals surface area contributed by atoms with Gasteiger partial charge in [0.25, 0.3) is 0 Å². The largest absolute Gasteiger partial charge is 0.375 e. The van der Waals surface area contributed by atoms with Crippen LogP contribution in [0.1, 0.15) is 30.6 Å². The molecule has 2 unspecified atom stereocenters. The summed E-state index contributed by atoms with van der Waals surface area (Å²) >= 11 is 12.4. The van der Waals surface area contributed by atoms with Gasteiger partial charge < -0.3 is 15.0 Å². The van der Waals surface area contributed by atoms with Gasteiger partial charge in [-0.25, -0.2) is 4.39 Å². The van der Waals surface area contributed by atoms with Crippen molar-refractivity contribution in [2.45, 2.75) is 31.9 Å². The van der Waals surface area contributed by atoms with E-state index in [0.29, 0.717) is 16.5 Å². The van der Waals surface area contributed by atoms with Crippen LogP contribution in [0.4, 0.5) is 4.39 Å². The third-order valence-corrected chi connectivity index (χ3v) is 6.49. The van der Waals surface area contributed by atoms with Crippen LogP contribution in [-0.4, -0.2) is 24.0 Å². The van der Waals surface area contributed by atoms with Crippen molar-refractivity contribution in [3.63, 3.8) is 0 Å². The molecule has 0 saturated heterocycles. The van der Waals surface area contributed by atoms with E-state index in [0.717, 1.165) is 33.3 Å². The summed E-state index contributed by atoms with van der Waals surface area (Å²) in [6, 6.07) is 19.1. The van der Waals surface area contributed by atoms with Crippen molar-refractivity contribution >= 4 is 40.0 Å². The van der Waals surface area contributed by atoms with Crippen LogP contribution < -0.4 is 5.32 Å². The fourth-order valence-corrected chi connectivity index (χ4v) is 4.63. The number of H-pyrrole nitrogens is 1. The zero-order valence-corrected chi connectivity index (χ0v) is 20.4. The maximum Gasteiger partial charge on any atom is 0.220 e. The number of halogens is 3. The summed E-state index contributed by atoms with van der Waals surface area (Å²) in [5.74, 6) is -0.397. The van der Waals surface area contributed by atoms with Gasteiger partial charge in [0, 0.05) is 29.6 Å². The van der Waals surface area contributed by atoms with Crippen LogP contribution in [0.3, 0.4) is 0 Å². The summed E-state index contributed by atoms with van der Waals surface area (Å²) in [4.78, 5) is 16.2. The van der Waals surface area contributed by atoms with Crippen LogP contribution in [-0.2, 0) is 16.0 Å². The summed E-state index contributed by atoms with van der Waals surface area (Å²) in [7, 11) is 1.62. The van der Waals surface area contributed by atoms with Gasteiger partial charge in [-0.1, -0.05) is 47.5 Å². The van der Waals surface area contributed by atoms with Gasteiger partial charge in [-0.3, -0.25) is 4.79 Å². The number of para-hydroxylation sites is 1. The monoisotopic (exact) mass is 498 g/mol. The molecule has 4 nitrogen and oxygen atoms in total. The number of ether oxygens (including phenoxy) is 1. The van der Waals surface area contributed by atoms with Crippen LogP contribution in [0, 0.1) is 5.82 Å². The number of amides is 1. The average Bonchev–Trinajstić information content (AvgIpc) is 3.20. The first kappa shape index (κ1) is 24.3. The first-order chi connectivity index (χ1) is 16.4. The van der Waals surface area contributed by atoms with E-state index in [9.17, 15) is 9.18 Å².